The third-order valence-corrected chi connectivity index (χ3v) is 3.84. The first-order chi connectivity index (χ1) is 7.68. The molecule has 0 aromatic carbocycles. The van der Waals surface area contributed by atoms with Crippen LogP contribution in [0.25, 0.3) is 0 Å². The lowest BCUT2D eigenvalue weighted by atomic mass is 9.89. The second-order valence-electron chi connectivity index (χ2n) is 4.31. The highest BCUT2D eigenvalue weighted by Gasteiger charge is 2.16. The molecule has 0 amide bonds. The Morgan fingerprint density at radius 3 is 2.69 bits per heavy atom. The van der Waals surface area contributed by atoms with Crippen LogP contribution in [0.2, 0.25) is 10.2 Å². The highest BCUT2D eigenvalue weighted by Crippen LogP contribution is 2.24. The molecule has 0 N–H and O–H groups in total. The maximum absolute atomic E-state index is 11.8. The lowest BCUT2D eigenvalue weighted by Crippen LogP contribution is -2.25. The van der Waals surface area contributed by atoms with Crippen LogP contribution in [0.15, 0.2) is 11.1 Å². The molecule has 0 unspecified atom stereocenters. The monoisotopic (exact) mass is 260 g/mol. The first kappa shape index (κ1) is 11.9. The molecule has 0 saturated heterocycles. The van der Waals surface area contributed by atoms with Gasteiger partial charge in [0, 0.05) is 6.54 Å². The van der Waals surface area contributed by atoms with E-state index in [1.54, 1.807) is 4.57 Å². The minimum atomic E-state index is -0.229. The van der Waals surface area contributed by atoms with Crippen molar-refractivity contribution in [2.75, 3.05) is 0 Å². The van der Waals surface area contributed by atoms with Gasteiger partial charge < -0.3 is 0 Å². The van der Waals surface area contributed by atoms with Gasteiger partial charge in [-0.05, 0) is 18.8 Å². The molecule has 2 rings (SSSR count). The Bertz CT molecular complexity index is 424. The summed E-state index contributed by atoms with van der Waals surface area (Å²) < 4.78 is 1.57. The lowest BCUT2D eigenvalue weighted by Gasteiger charge is -2.22. The second-order valence-corrected chi connectivity index (χ2v) is 5.05. The molecule has 0 bridgehead atoms. The molecule has 1 fully saturated rings. The smallest absolute Gasteiger partial charge is 0.273 e. The summed E-state index contributed by atoms with van der Waals surface area (Å²) in [4.78, 5) is 15.7. The molecule has 1 saturated carbocycles. The summed E-state index contributed by atoms with van der Waals surface area (Å²) in [6.07, 6.45) is 7.69. The Balaban J connectivity index is 2.15. The van der Waals surface area contributed by atoms with Crippen molar-refractivity contribution in [2.45, 2.75) is 38.6 Å². The Morgan fingerprint density at radius 2 is 2.00 bits per heavy atom. The second kappa shape index (κ2) is 5.19. The Morgan fingerprint density at radius 1 is 1.31 bits per heavy atom. The molecule has 0 radical (unpaired) electrons. The number of halogens is 2. The molecule has 3 nitrogen and oxygen atoms in total. The summed E-state index contributed by atoms with van der Waals surface area (Å²) in [7, 11) is 0. The van der Waals surface area contributed by atoms with Crippen molar-refractivity contribution >= 4 is 23.2 Å². The van der Waals surface area contributed by atoms with E-state index >= 15 is 0 Å². The van der Waals surface area contributed by atoms with Crippen molar-refractivity contribution in [3.8, 4) is 0 Å². The minimum Gasteiger partial charge on any atom is -0.298 e. The molecule has 0 atom stereocenters. The zero-order valence-corrected chi connectivity index (χ0v) is 10.5. The van der Waals surface area contributed by atoms with Gasteiger partial charge in [-0.1, -0.05) is 42.5 Å². The molecule has 1 aromatic rings. The molecule has 88 valence electrons. The molecule has 1 aliphatic rings. The van der Waals surface area contributed by atoms with Gasteiger partial charge in [-0.3, -0.25) is 9.36 Å². The van der Waals surface area contributed by atoms with E-state index in [4.69, 9.17) is 23.2 Å². The Labute approximate surface area is 104 Å². The number of nitrogens with zero attached hydrogens (tertiary/aromatic N) is 2. The van der Waals surface area contributed by atoms with Gasteiger partial charge in [0.05, 0.1) is 6.33 Å². The van der Waals surface area contributed by atoms with Gasteiger partial charge in [-0.15, -0.1) is 0 Å². The fourth-order valence-electron chi connectivity index (χ4n) is 2.22. The van der Waals surface area contributed by atoms with E-state index < -0.39 is 0 Å². The average Bonchev–Trinajstić information content (AvgIpc) is 2.31. The van der Waals surface area contributed by atoms with Crippen LogP contribution in [-0.2, 0) is 6.54 Å². The summed E-state index contributed by atoms with van der Waals surface area (Å²) >= 11 is 11.4. The van der Waals surface area contributed by atoms with E-state index in [1.807, 2.05) is 0 Å². The fraction of sp³-hybridized carbons (Fsp3) is 0.636. The number of aromatic nitrogens is 2. The molecular weight excluding hydrogens is 247 g/mol. The van der Waals surface area contributed by atoms with Gasteiger partial charge in [-0.2, -0.15) is 0 Å². The standard InChI is InChI=1S/C11H14Cl2N2O/c12-9-10(13)14-7-15(11(9)16)6-8-4-2-1-3-5-8/h7-8H,1-6H2. The van der Waals surface area contributed by atoms with Crippen LogP contribution < -0.4 is 5.56 Å². The summed E-state index contributed by atoms with van der Waals surface area (Å²) in [5, 5.41) is 0.117. The van der Waals surface area contributed by atoms with E-state index in [-0.39, 0.29) is 15.7 Å². The first-order valence-electron chi connectivity index (χ1n) is 5.59. The zero-order valence-electron chi connectivity index (χ0n) is 8.96. The van der Waals surface area contributed by atoms with Gasteiger partial charge in [0.1, 0.15) is 5.02 Å². The maximum Gasteiger partial charge on any atom is 0.273 e. The molecule has 1 heterocycles. The van der Waals surface area contributed by atoms with Crippen molar-refractivity contribution in [2.24, 2.45) is 5.92 Å². The van der Waals surface area contributed by atoms with Gasteiger partial charge >= 0.3 is 0 Å². The molecule has 5 heteroatoms. The van der Waals surface area contributed by atoms with Crippen LogP contribution in [-0.4, -0.2) is 9.55 Å². The average molecular weight is 261 g/mol. The summed E-state index contributed by atoms with van der Waals surface area (Å²) in [5.41, 5.74) is -0.229. The Hall–Kier alpha value is -0.540. The van der Waals surface area contributed by atoms with Crippen LogP contribution in [0.3, 0.4) is 0 Å². The quantitative estimate of drug-likeness (QED) is 0.766. The summed E-state index contributed by atoms with van der Waals surface area (Å²) in [5.74, 6) is 0.575. The van der Waals surface area contributed by atoms with Crippen LogP contribution in [0.1, 0.15) is 32.1 Å². The van der Waals surface area contributed by atoms with Gasteiger partial charge in [-0.25, -0.2) is 4.98 Å². The number of hydrogen-bond acceptors (Lipinski definition) is 2. The molecular formula is C11H14Cl2N2O. The van der Waals surface area contributed by atoms with Gasteiger partial charge in [0.15, 0.2) is 5.15 Å². The highest BCUT2D eigenvalue weighted by molar-refractivity contribution is 6.40. The number of rotatable bonds is 2. The summed E-state index contributed by atoms with van der Waals surface area (Å²) in [6, 6.07) is 0. The van der Waals surface area contributed by atoms with Crippen molar-refractivity contribution in [3.05, 3.63) is 26.9 Å². The normalized spacial score (nSPS) is 17.6. The largest absolute Gasteiger partial charge is 0.298 e. The topological polar surface area (TPSA) is 34.9 Å². The molecule has 0 aliphatic heterocycles. The van der Waals surface area contributed by atoms with E-state index in [0.29, 0.717) is 12.5 Å². The molecule has 1 aliphatic carbocycles. The van der Waals surface area contributed by atoms with E-state index in [9.17, 15) is 4.79 Å². The van der Waals surface area contributed by atoms with Gasteiger partial charge in [0.25, 0.3) is 5.56 Å². The predicted octanol–water partition coefficient (Wildman–Crippen LogP) is 3.13. The van der Waals surface area contributed by atoms with E-state index in [0.717, 1.165) is 0 Å². The highest BCUT2D eigenvalue weighted by atomic mass is 35.5. The van der Waals surface area contributed by atoms with E-state index in [1.165, 1.54) is 38.4 Å². The molecule has 16 heavy (non-hydrogen) atoms. The van der Waals surface area contributed by atoms with Gasteiger partial charge in [0.2, 0.25) is 0 Å². The summed E-state index contributed by atoms with van der Waals surface area (Å²) in [6.45, 7) is 0.711. The van der Waals surface area contributed by atoms with Crippen molar-refractivity contribution in [1.82, 2.24) is 9.55 Å². The fourth-order valence-corrected chi connectivity index (χ4v) is 2.50. The third kappa shape index (κ3) is 2.58. The molecule has 0 spiro atoms. The SMILES string of the molecule is O=c1c(Cl)c(Cl)ncn1CC1CCCCC1. The van der Waals surface area contributed by atoms with Crippen LogP contribution in [0.5, 0.6) is 0 Å². The van der Waals surface area contributed by atoms with Crippen LogP contribution in [0, 0.1) is 5.92 Å². The van der Waals surface area contributed by atoms with Crippen molar-refractivity contribution in [3.63, 3.8) is 0 Å². The molecule has 1 aromatic heterocycles. The predicted molar refractivity (Wildman–Crippen MR) is 65.1 cm³/mol. The van der Waals surface area contributed by atoms with Crippen molar-refractivity contribution in [1.29, 1.82) is 0 Å². The lowest BCUT2D eigenvalue weighted by molar-refractivity contribution is 0.315. The maximum atomic E-state index is 11.8. The first-order valence-corrected chi connectivity index (χ1v) is 6.34. The van der Waals surface area contributed by atoms with Crippen LogP contribution in [0.4, 0.5) is 0 Å². The zero-order chi connectivity index (χ0) is 11.5. The van der Waals surface area contributed by atoms with E-state index in [2.05, 4.69) is 4.98 Å². The van der Waals surface area contributed by atoms with Crippen molar-refractivity contribution < 1.29 is 0 Å². The number of hydrogen-bond donors (Lipinski definition) is 0. The minimum absolute atomic E-state index is 0.0278. The Kier molecular flexibility index (Phi) is 3.87. The third-order valence-electron chi connectivity index (χ3n) is 3.12. The van der Waals surface area contributed by atoms with Crippen LogP contribution >= 0.6 is 23.2 Å².